The first-order valence-corrected chi connectivity index (χ1v) is 5.57. The van der Waals surface area contributed by atoms with E-state index in [9.17, 15) is 0 Å². The molecule has 0 aliphatic rings. The maximum absolute atomic E-state index is 5.63. The number of nitrogen functional groups attached to an aromatic ring is 1. The predicted octanol–water partition coefficient (Wildman–Crippen LogP) is 1.10. The van der Waals surface area contributed by atoms with E-state index in [0.29, 0.717) is 10.3 Å². The first-order chi connectivity index (χ1) is 7.18. The van der Waals surface area contributed by atoms with E-state index in [2.05, 4.69) is 36.1 Å². The number of halogens is 1. The molecule has 2 aromatic rings. The Hall–Kier alpha value is -1.15. The lowest BCUT2D eigenvalue weighted by Crippen LogP contribution is -1.96. The first-order valence-electron chi connectivity index (χ1n) is 3.96. The summed E-state index contributed by atoms with van der Waals surface area (Å²) in [4.78, 5) is 7.95. The van der Waals surface area contributed by atoms with Crippen molar-refractivity contribution < 1.29 is 0 Å². The molecule has 2 heterocycles. The summed E-state index contributed by atoms with van der Waals surface area (Å²) in [5.74, 6) is 0.412. The van der Waals surface area contributed by atoms with E-state index in [-0.39, 0.29) is 0 Å². The number of hydrogen-bond donors (Lipinski definition) is 1. The van der Waals surface area contributed by atoms with Crippen molar-refractivity contribution in [1.82, 2.24) is 24.7 Å². The minimum Gasteiger partial charge on any atom is -0.383 e. The van der Waals surface area contributed by atoms with Crippen LogP contribution in [0.2, 0.25) is 0 Å². The van der Waals surface area contributed by atoms with E-state index < -0.39 is 0 Å². The van der Waals surface area contributed by atoms with Gasteiger partial charge in [0, 0.05) is 7.05 Å². The Kier molecular flexibility index (Phi) is 2.87. The number of hydrogen-bond acceptors (Lipinski definition) is 6. The molecule has 2 rings (SSSR count). The summed E-state index contributed by atoms with van der Waals surface area (Å²) in [6.45, 7) is 0. The molecule has 15 heavy (non-hydrogen) atoms. The highest BCUT2D eigenvalue weighted by Crippen LogP contribution is 2.32. The predicted molar refractivity (Wildman–Crippen MR) is 59.3 cm³/mol. The molecule has 0 atom stereocenters. The van der Waals surface area contributed by atoms with Gasteiger partial charge in [0.15, 0.2) is 5.16 Å². The van der Waals surface area contributed by atoms with Gasteiger partial charge in [0.1, 0.15) is 23.5 Å². The lowest BCUT2D eigenvalue weighted by Gasteiger charge is -2.03. The van der Waals surface area contributed by atoms with Crippen LogP contribution in [0.5, 0.6) is 0 Å². The van der Waals surface area contributed by atoms with Gasteiger partial charge in [0.2, 0.25) is 0 Å². The number of aromatic nitrogens is 5. The molecule has 0 fully saturated rings. The van der Waals surface area contributed by atoms with Gasteiger partial charge in [-0.05, 0) is 27.7 Å². The van der Waals surface area contributed by atoms with Crippen LogP contribution in [-0.2, 0) is 7.05 Å². The molecule has 0 bridgehead atoms. The molecule has 6 nitrogen and oxygen atoms in total. The molecule has 8 heteroatoms. The van der Waals surface area contributed by atoms with Crippen LogP contribution in [-0.4, -0.2) is 24.7 Å². The van der Waals surface area contributed by atoms with Crippen molar-refractivity contribution in [2.45, 2.75) is 10.2 Å². The molecule has 0 saturated heterocycles. The Morgan fingerprint density at radius 1 is 1.47 bits per heavy atom. The topological polar surface area (TPSA) is 82.5 Å². The van der Waals surface area contributed by atoms with Gasteiger partial charge < -0.3 is 10.3 Å². The van der Waals surface area contributed by atoms with Gasteiger partial charge in [-0.3, -0.25) is 0 Å². The van der Waals surface area contributed by atoms with Crippen LogP contribution >= 0.6 is 27.7 Å². The average molecular weight is 287 g/mol. The van der Waals surface area contributed by atoms with Gasteiger partial charge in [-0.1, -0.05) is 0 Å². The van der Waals surface area contributed by atoms with Crippen LogP contribution in [0.25, 0.3) is 0 Å². The van der Waals surface area contributed by atoms with Crippen molar-refractivity contribution in [1.29, 1.82) is 0 Å². The second-order valence-corrected chi connectivity index (χ2v) is 4.45. The molecule has 2 aromatic heterocycles. The molecule has 0 aliphatic heterocycles. The zero-order chi connectivity index (χ0) is 10.8. The first kappa shape index (κ1) is 10.4. The molecule has 0 unspecified atom stereocenters. The summed E-state index contributed by atoms with van der Waals surface area (Å²) < 4.78 is 2.48. The molecule has 78 valence electrons. The molecular formula is C7H7BrN6S. The summed E-state index contributed by atoms with van der Waals surface area (Å²) in [6, 6.07) is 0. The summed E-state index contributed by atoms with van der Waals surface area (Å²) in [5.41, 5.74) is 5.63. The lowest BCUT2D eigenvalue weighted by molar-refractivity contribution is 0.786. The summed E-state index contributed by atoms with van der Waals surface area (Å²) >= 11 is 4.70. The van der Waals surface area contributed by atoms with Gasteiger partial charge in [0.05, 0.1) is 4.47 Å². The van der Waals surface area contributed by atoms with Crippen molar-refractivity contribution in [3.63, 3.8) is 0 Å². The van der Waals surface area contributed by atoms with Crippen LogP contribution in [0.15, 0.2) is 27.3 Å². The summed E-state index contributed by atoms with van der Waals surface area (Å²) in [7, 11) is 1.86. The van der Waals surface area contributed by atoms with E-state index in [1.807, 2.05) is 7.05 Å². The molecule has 0 spiro atoms. The smallest absolute Gasteiger partial charge is 0.197 e. The van der Waals surface area contributed by atoms with Crippen molar-refractivity contribution >= 4 is 33.5 Å². The Bertz CT molecular complexity index is 484. The summed E-state index contributed by atoms with van der Waals surface area (Å²) in [6.07, 6.45) is 3.04. The Morgan fingerprint density at radius 2 is 2.27 bits per heavy atom. The number of anilines is 1. The second kappa shape index (κ2) is 4.15. The Labute approximate surface area is 98.5 Å². The Balaban J connectivity index is 2.33. The fourth-order valence-corrected chi connectivity index (χ4v) is 2.08. The quantitative estimate of drug-likeness (QED) is 0.833. The van der Waals surface area contributed by atoms with E-state index >= 15 is 0 Å². The fraction of sp³-hybridized carbons (Fsp3) is 0.143. The third kappa shape index (κ3) is 2.10. The maximum Gasteiger partial charge on any atom is 0.197 e. The SMILES string of the molecule is Cn1cnnc1Sc1ncnc(N)c1Br. The Morgan fingerprint density at radius 3 is 2.93 bits per heavy atom. The second-order valence-electron chi connectivity index (χ2n) is 2.70. The largest absolute Gasteiger partial charge is 0.383 e. The van der Waals surface area contributed by atoms with Crippen LogP contribution in [0.1, 0.15) is 0 Å². The number of aryl methyl sites for hydroxylation is 1. The van der Waals surface area contributed by atoms with E-state index in [1.54, 1.807) is 10.9 Å². The molecule has 0 aliphatic carbocycles. The minimum absolute atomic E-state index is 0.412. The number of nitrogens with two attached hydrogens (primary N) is 1. The van der Waals surface area contributed by atoms with E-state index in [1.165, 1.54) is 18.1 Å². The van der Waals surface area contributed by atoms with Crippen molar-refractivity contribution in [2.75, 3.05) is 5.73 Å². The highest BCUT2D eigenvalue weighted by Gasteiger charge is 2.10. The maximum atomic E-state index is 5.63. The lowest BCUT2D eigenvalue weighted by atomic mass is 10.6. The highest BCUT2D eigenvalue weighted by molar-refractivity contribution is 9.10. The normalized spacial score (nSPS) is 10.5. The van der Waals surface area contributed by atoms with Gasteiger partial charge in [-0.2, -0.15) is 0 Å². The number of nitrogens with zero attached hydrogens (tertiary/aromatic N) is 5. The molecule has 0 amide bonds. The third-order valence-corrected chi connectivity index (χ3v) is 3.74. The van der Waals surface area contributed by atoms with E-state index in [4.69, 9.17) is 5.73 Å². The zero-order valence-electron chi connectivity index (χ0n) is 7.75. The van der Waals surface area contributed by atoms with Gasteiger partial charge >= 0.3 is 0 Å². The number of rotatable bonds is 2. The van der Waals surface area contributed by atoms with Gasteiger partial charge in [0.25, 0.3) is 0 Å². The molecule has 0 radical (unpaired) electrons. The fourth-order valence-electron chi connectivity index (χ4n) is 0.889. The van der Waals surface area contributed by atoms with E-state index in [0.717, 1.165) is 10.2 Å². The molecule has 2 N–H and O–H groups in total. The zero-order valence-corrected chi connectivity index (χ0v) is 10.2. The average Bonchev–Trinajstić information content (AvgIpc) is 2.60. The van der Waals surface area contributed by atoms with Crippen LogP contribution < -0.4 is 5.73 Å². The van der Waals surface area contributed by atoms with Crippen LogP contribution in [0, 0.1) is 0 Å². The molecule has 0 saturated carbocycles. The van der Waals surface area contributed by atoms with Crippen molar-refractivity contribution in [3.8, 4) is 0 Å². The molecule has 0 aromatic carbocycles. The third-order valence-electron chi connectivity index (χ3n) is 1.64. The van der Waals surface area contributed by atoms with Crippen LogP contribution in [0.4, 0.5) is 5.82 Å². The monoisotopic (exact) mass is 286 g/mol. The summed E-state index contributed by atoms with van der Waals surface area (Å²) in [5, 5.41) is 9.17. The standard InChI is InChI=1S/C7H7BrN6S/c1-14-3-12-13-7(14)15-6-4(8)5(9)10-2-11-6/h2-3H,1H3,(H2,9,10,11). The van der Waals surface area contributed by atoms with Gasteiger partial charge in [-0.25, -0.2) is 9.97 Å². The van der Waals surface area contributed by atoms with Crippen LogP contribution in [0.3, 0.4) is 0 Å². The van der Waals surface area contributed by atoms with Crippen molar-refractivity contribution in [2.24, 2.45) is 7.05 Å². The van der Waals surface area contributed by atoms with Crippen molar-refractivity contribution in [3.05, 3.63) is 17.1 Å². The minimum atomic E-state index is 0.412. The highest BCUT2D eigenvalue weighted by atomic mass is 79.9. The van der Waals surface area contributed by atoms with Gasteiger partial charge in [-0.15, -0.1) is 10.2 Å². The molecular weight excluding hydrogens is 280 g/mol.